The number of ether oxygens (including phenoxy) is 2. The summed E-state index contributed by atoms with van der Waals surface area (Å²) in [5.74, 6) is -0.441. The number of hydrogen-bond donors (Lipinski definition) is 2. The molecule has 0 aliphatic carbocycles. The number of nitrogens with one attached hydrogen (secondary N) is 2. The van der Waals surface area contributed by atoms with E-state index in [4.69, 9.17) is 21.1 Å². The lowest BCUT2D eigenvalue weighted by molar-refractivity contribution is -0.125. The predicted octanol–water partition coefficient (Wildman–Crippen LogP) is 2.58. The van der Waals surface area contributed by atoms with Crippen molar-refractivity contribution in [2.24, 2.45) is 5.92 Å². The summed E-state index contributed by atoms with van der Waals surface area (Å²) in [6.07, 6.45) is 2.44. The molecule has 3 aliphatic heterocycles. The van der Waals surface area contributed by atoms with Crippen LogP contribution in [0.2, 0.25) is 5.02 Å². The third-order valence-corrected chi connectivity index (χ3v) is 6.04. The molecular formula is C20H29Cl3FN3O3. The first-order valence-electron chi connectivity index (χ1n) is 10.0. The fourth-order valence-electron chi connectivity index (χ4n) is 4.36. The van der Waals surface area contributed by atoms with Crippen LogP contribution in [-0.2, 0) is 14.3 Å². The van der Waals surface area contributed by atoms with E-state index in [1.165, 1.54) is 6.07 Å². The fourth-order valence-corrected chi connectivity index (χ4v) is 4.48. The Balaban J connectivity index is 0.00000160. The minimum absolute atomic E-state index is 0. The number of morpholine rings is 1. The van der Waals surface area contributed by atoms with Gasteiger partial charge in [-0.2, -0.15) is 0 Å². The maximum atomic E-state index is 13.9. The summed E-state index contributed by atoms with van der Waals surface area (Å²) in [7, 11) is 0. The zero-order valence-corrected chi connectivity index (χ0v) is 19.0. The predicted molar refractivity (Wildman–Crippen MR) is 118 cm³/mol. The first kappa shape index (κ1) is 25.6. The number of fused-ring (bicyclic) bond motifs is 2. The van der Waals surface area contributed by atoms with Gasteiger partial charge in [0.25, 0.3) is 0 Å². The minimum atomic E-state index is -0.454. The number of likely N-dealkylation sites (tertiary alicyclic amines) is 1. The van der Waals surface area contributed by atoms with Gasteiger partial charge in [0.2, 0.25) is 5.91 Å². The monoisotopic (exact) mass is 483 g/mol. The Kier molecular flexibility index (Phi) is 10.1. The third-order valence-electron chi connectivity index (χ3n) is 5.73. The van der Waals surface area contributed by atoms with Crippen LogP contribution in [0, 0.1) is 11.7 Å². The van der Waals surface area contributed by atoms with E-state index in [-0.39, 0.29) is 60.0 Å². The second-order valence-electron chi connectivity index (χ2n) is 7.88. The third kappa shape index (κ3) is 6.42. The molecule has 4 atom stereocenters. The highest BCUT2D eigenvalue weighted by Crippen LogP contribution is 2.30. The molecule has 4 rings (SSSR count). The standard InChI is InChI=1S/C20H27ClFN3O3.2ClH/c21-17-4-1-13(7-18(17)22)20-14(8-23-5-6-27-20)9-24-19(26)12-25-10-15-2-3-16(11-25)28-15;;/h1,4,7,14-16,20,23H,2-3,5-6,8-12H2,(H,24,26);2*1H/t14-,15?,16?,20-;;/m0../s1. The minimum Gasteiger partial charge on any atom is -0.372 e. The Labute approximate surface area is 194 Å². The molecule has 1 aromatic rings. The average Bonchev–Trinajstić information content (AvgIpc) is 2.88. The van der Waals surface area contributed by atoms with Gasteiger partial charge in [-0.1, -0.05) is 17.7 Å². The number of halogens is 4. The SMILES string of the molecule is Cl.Cl.O=C(CN1CC2CCC(C1)O2)NC[C@@H]1CNCCO[C@H]1c1ccc(Cl)c(F)c1. The van der Waals surface area contributed by atoms with Crippen molar-refractivity contribution < 1.29 is 18.7 Å². The number of amides is 1. The summed E-state index contributed by atoms with van der Waals surface area (Å²) >= 11 is 5.81. The van der Waals surface area contributed by atoms with E-state index < -0.39 is 5.82 Å². The second-order valence-corrected chi connectivity index (χ2v) is 8.29. The molecule has 0 spiro atoms. The van der Waals surface area contributed by atoms with Crippen LogP contribution in [0.5, 0.6) is 0 Å². The van der Waals surface area contributed by atoms with Crippen LogP contribution in [-0.4, -0.2) is 68.9 Å². The fraction of sp³-hybridized carbons (Fsp3) is 0.650. The number of rotatable bonds is 5. The molecule has 1 amide bonds. The summed E-state index contributed by atoms with van der Waals surface area (Å²) in [5.41, 5.74) is 0.745. The van der Waals surface area contributed by atoms with Crippen LogP contribution >= 0.6 is 36.4 Å². The summed E-state index contributed by atoms with van der Waals surface area (Å²) in [4.78, 5) is 14.7. The van der Waals surface area contributed by atoms with Gasteiger partial charge in [0, 0.05) is 38.6 Å². The Morgan fingerprint density at radius 2 is 2.00 bits per heavy atom. The van der Waals surface area contributed by atoms with Crippen LogP contribution in [0.25, 0.3) is 0 Å². The van der Waals surface area contributed by atoms with Crippen LogP contribution in [0.3, 0.4) is 0 Å². The quantitative estimate of drug-likeness (QED) is 0.673. The van der Waals surface area contributed by atoms with Crippen molar-refractivity contribution in [3.63, 3.8) is 0 Å². The van der Waals surface area contributed by atoms with E-state index >= 15 is 0 Å². The summed E-state index contributed by atoms with van der Waals surface area (Å²) < 4.78 is 25.7. The van der Waals surface area contributed by atoms with Gasteiger partial charge in [0.05, 0.1) is 36.5 Å². The molecule has 3 saturated heterocycles. The Morgan fingerprint density at radius 3 is 2.70 bits per heavy atom. The average molecular weight is 485 g/mol. The van der Waals surface area contributed by atoms with Gasteiger partial charge in [-0.05, 0) is 30.5 Å². The Hall–Kier alpha value is -0.670. The number of carbonyl (C=O) groups excluding carboxylic acids is 1. The molecule has 2 unspecified atom stereocenters. The van der Waals surface area contributed by atoms with Crippen LogP contribution < -0.4 is 10.6 Å². The molecule has 10 heteroatoms. The molecule has 1 aromatic carbocycles. The molecule has 170 valence electrons. The number of carbonyl (C=O) groups is 1. The summed E-state index contributed by atoms with van der Waals surface area (Å²) in [6, 6.07) is 4.77. The lowest BCUT2D eigenvalue weighted by atomic mass is 9.95. The molecule has 6 nitrogen and oxygen atoms in total. The normalized spacial score (nSPS) is 28.7. The van der Waals surface area contributed by atoms with Gasteiger partial charge in [-0.15, -0.1) is 24.8 Å². The second kappa shape index (κ2) is 11.8. The Bertz CT molecular complexity index is 703. The van der Waals surface area contributed by atoms with Gasteiger partial charge in [0.1, 0.15) is 5.82 Å². The van der Waals surface area contributed by atoms with Gasteiger partial charge in [-0.3, -0.25) is 9.69 Å². The molecule has 3 aliphatic rings. The van der Waals surface area contributed by atoms with Crippen LogP contribution in [0.15, 0.2) is 18.2 Å². The maximum absolute atomic E-state index is 13.9. The van der Waals surface area contributed by atoms with Crippen LogP contribution in [0.4, 0.5) is 4.39 Å². The topological polar surface area (TPSA) is 62.8 Å². The maximum Gasteiger partial charge on any atom is 0.234 e. The van der Waals surface area contributed by atoms with Crippen molar-refractivity contribution in [1.29, 1.82) is 0 Å². The van der Waals surface area contributed by atoms with Gasteiger partial charge >= 0.3 is 0 Å². The first-order valence-corrected chi connectivity index (χ1v) is 10.4. The van der Waals surface area contributed by atoms with E-state index in [9.17, 15) is 9.18 Å². The van der Waals surface area contributed by atoms with E-state index in [1.807, 2.05) is 0 Å². The van der Waals surface area contributed by atoms with E-state index in [1.54, 1.807) is 12.1 Å². The number of hydrogen-bond acceptors (Lipinski definition) is 5. The number of nitrogens with zero attached hydrogens (tertiary/aromatic N) is 1. The molecule has 30 heavy (non-hydrogen) atoms. The van der Waals surface area contributed by atoms with Crippen molar-refractivity contribution in [3.05, 3.63) is 34.6 Å². The molecule has 0 saturated carbocycles. The number of benzene rings is 1. The van der Waals surface area contributed by atoms with Gasteiger partial charge < -0.3 is 20.1 Å². The highest BCUT2D eigenvalue weighted by atomic mass is 35.5. The van der Waals surface area contributed by atoms with Crippen molar-refractivity contribution >= 4 is 42.3 Å². The molecule has 2 bridgehead atoms. The molecule has 2 N–H and O–H groups in total. The highest BCUT2D eigenvalue weighted by molar-refractivity contribution is 6.30. The highest BCUT2D eigenvalue weighted by Gasteiger charge is 2.34. The molecular weight excluding hydrogens is 456 g/mol. The van der Waals surface area contributed by atoms with Crippen molar-refractivity contribution in [1.82, 2.24) is 15.5 Å². The summed E-state index contributed by atoms with van der Waals surface area (Å²) in [5, 5.41) is 6.46. The molecule has 3 heterocycles. The zero-order chi connectivity index (χ0) is 19.5. The molecule has 3 fully saturated rings. The van der Waals surface area contributed by atoms with Crippen LogP contribution in [0.1, 0.15) is 24.5 Å². The summed E-state index contributed by atoms with van der Waals surface area (Å²) in [6.45, 7) is 4.46. The zero-order valence-electron chi connectivity index (χ0n) is 16.6. The van der Waals surface area contributed by atoms with Crippen molar-refractivity contribution in [3.8, 4) is 0 Å². The van der Waals surface area contributed by atoms with E-state index in [0.717, 1.165) is 38.0 Å². The Morgan fingerprint density at radius 1 is 1.27 bits per heavy atom. The van der Waals surface area contributed by atoms with Crippen molar-refractivity contribution in [2.45, 2.75) is 31.2 Å². The lowest BCUT2D eigenvalue weighted by Gasteiger charge is -2.31. The van der Waals surface area contributed by atoms with Gasteiger partial charge in [0.15, 0.2) is 0 Å². The van der Waals surface area contributed by atoms with E-state index in [0.29, 0.717) is 26.2 Å². The molecule has 0 aromatic heterocycles. The largest absolute Gasteiger partial charge is 0.372 e. The molecule has 0 radical (unpaired) electrons. The van der Waals surface area contributed by atoms with Gasteiger partial charge in [-0.25, -0.2) is 4.39 Å². The van der Waals surface area contributed by atoms with Crippen molar-refractivity contribution in [2.75, 3.05) is 45.9 Å². The lowest BCUT2D eigenvalue weighted by Crippen LogP contribution is -2.48. The smallest absolute Gasteiger partial charge is 0.234 e. The first-order chi connectivity index (χ1) is 13.6. The van der Waals surface area contributed by atoms with E-state index in [2.05, 4.69) is 15.5 Å².